The molecule has 0 spiro atoms. The van der Waals surface area contributed by atoms with Gasteiger partial charge < -0.3 is 11.1 Å². The molecule has 0 aliphatic heterocycles. The smallest absolute Gasteiger partial charge is 0.234 e. The Bertz CT molecular complexity index is 646. The van der Waals surface area contributed by atoms with Gasteiger partial charge in [0.15, 0.2) is 0 Å². The van der Waals surface area contributed by atoms with Gasteiger partial charge in [-0.3, -0.25) is 4.79 Å². The lowest BCUT2D eigenvalue weighted by atomic mass is 9.98. The number of hydrogen-bond acceptors (Lipinski definition) is 2. The third-order valence-electron chi connectivity index (χ3n) is 3.03. The van der Waals surface area contributed by atoms with Crippen molar-refractivity contribution in [3.63, 3.8) is 0 Å². The summed E-state index contributed by atoms with van der Waals surface area (Å²) < 4.78 is 1.06. The monoisotopic (exact) mass is 410 g/mol. The Morgan fingerprint density at radius 1 is 1.19 bits per heavy atom. The maximum Gasteiger partial charge on any atom is 0.234 e. The minimum atomic E-state index is -0.514. The summed E-state index contributed by atoms with van der Waals surface area (Å²) in [7, 11) is 0. The highest BCUT2D eigenvalue weighted by Gasteiger charge is 2.22. The number of carbonyl (C=O) groups is 1. The predicted molar refractivity (Wildman–Crippen MR) is 98.2 cm³/mol. The van der Waals surface area contributed by atoms with E-state index in [1.54, 1.807) is 0 Å². The fourth-order valence-electron chi connectivity index (χ4n) is 1.97. The molecule has 2 aromatic rings. The fraction of sp³-hybridized carbons (Fsp3) is 0.125. The van der Waals surface area contributed by atoms with Gasteiger partial charge in [0.1, 0.15) is 0 Å². The first-order valence-corrected chi connectivity index (χ1v) is 7.94. The molecule has 108 valence electrons. The van der Waals surface area contributed by atoms with Gasteiger partial charge in [0.05, 0.1) is 10.9 Å². The topological polar surface area (TPSA) is 55.1 Å². The summed E-state index contributed by atoms with van der Waals surface area (Å²) in [6, 6.07) is 17.3. The zero-order valence-electron chi connectivity index (χ0n) is 11.3. The van der Waals surface area contributed by atoms with Crippen LogP contribution in [-0.2, 0) is 11.2 Å². The molecule has 0 aliphatic carbocycles. The molecule has 2 rings (SSSR count). The fourth-order valence-corrected chi connectivity index (χ4v) is 2.70. The average molecular weight is 410 g/mol. The van der Waals surface area contributed by atoms with Crippen LogP contribution in [0.5, 0.6) is 0 Å². The van der Waals surface area contributed by atoms with Crippen LogP contribution in [0.3, 0.4) is 0 Å². The van der Waals surface area contributed by atoms with Crippen molar-refractivity contribution < 1.29 is 4.79 Å². The Labute approximate surface area is 143 Å². The number of nitrogens with one attached hydrogen (secondary N) is 1. The van der Waals surface area contributed by atoms with Gasteiger partial charge in [-0.1, -0.05) is 48.6 Å². The van der Waals surface area contributed by atoms with E-state index in [1.165, 1.54) is 0 Å². The van der Waals surface area contributed by atoms with Gasteiger partial charge >= 0.3 is 0 Å². The summed E-state index contributed by atoms with van der Waals surface area (Å²) in [5.74, 6) is -0.686. The van der Waals surface area contributed by atoms with E-state index >= 15 is 0 Å². The van der Waals surface area contributed by atoms with E-state index < -0.39 is 5.92 Å². The van der Waals surface area contributed by atoms with Crippen molar-refractivity contribution in [1.29, 1.82) is 0 Å². The van der Waals surface area contributed by atoms with Crippen LogP contribution in [0.4, 0.5) is 5.69 Å². The molecule has 1 amide bonds. The maximum absolute atomic E-state index is 12.4. The lowest BCUT2D eigenvalue weighted by molar-refractivity contribution is -0.118. The van der Waals surface area contributed by atoms with Crippen LogP contribution < -0.4 is 11.1 Å². The summed E-state index contributed by atoms with van der Waals surface area (Å²) in [6.07, 6.45) is 0.506. The molecule has 2 aromatic carbocycles. The van der Waals surface area contributed by atoms with Gasteiger partial charge in [0.25, 0.3) is 0 Å². The van der Waals surface area contributed by atoms with Crippen LogP contribution >= 0.6 is 34.8 Å². The van der Waals surface area contributed by atoms with Crippen LogP contribution in [-0.4, -0.2) is 10.9 Å². The molecule has 1 atom stereocenters. The SMILES string of the molecule is NC(=S)C(Cc1ccccc1)C(=O)Nc1cccc(I)c1. The second-order valence-electron chi connectivity index (χ2n) is 4.64. The van der Waals surface area contributed by atoms with Crippen molar-refractivity contribution in [3.05, 3.63) is 63.7 Å². The van der Waals surface area contributed by atoms with Crippen molar-refractivity contribution in [2.24, 2.45) is 11.7 Å². The van der Waals surface area contributed by atoms with Gasteiger partial charge in [-0.2, -0.15) is 0 Å². The van der Waals surface area contributed by atoms with Crippen LogP contribution in [0.25, 0.3) is 0 Å². The van der Waals surface area contributed by atoms with E-state index in [0.29, 0.717) is 6.42 Å². The summed E-state index contributed by atoms with van der Waals surface area (Å²) in [5, 5.41) is 2.87. The van der Waals surface area contributed by atoms with Gasteiger partial charge in [-0.25, -0.2) is 0 Å². The number of carbonyl (C=O) groups excluding carboxylic acids is 1. The highest BCUT2D eigenvalue weighted by molar-refractivity contribution is 14.1. The van der Waals surface area contributed by atoms with Crippen LogP contribution in [0.2, 0.25) is 0 Å². The Balaban J connectivity index is 2.11. The average Bonchev–Trinajstić information content (AvgIpc) is 2.45. The van der Waals surface area contributed by atoms with E-state index in [9.17, 15) is 4.79 Å². The molecule has 3 nitrogen and oxygen atoms in total. The van der Waals surface area contributed by atoms with Gasteiger partial charge in [-0.05, 0) is 52.8 Å². The number of anilines is 1. The van der Waals surface area contributed by atoms with Crippen molar-refractivity contribution in [2.45, 2.75) is 6.42 Å². The van der Waals surface area contributed by atoms with Gasteiger partial charge in [-0.15, -0.1) is 0 Å². The van der Waals surface area contributed by atoms with E-state index in [4.69, 9.17) is 18.0 Å². The number of halogens is 1. The van der Waals surface area contributed by atoms with Crippen LogP contribution in [0.15, 0.2) is 54.6 Å². The lowest BCUT2D eigenvalue weighted by Gasteiger charge is -2.16. The molecular formula is C16H15IN2OS. The molecule has 0 aromatic heterocycles. The molecule has 0 saturated carbocycles. The van der Waals surface area contributed by atoms with Crippen molar-refractivity contribution in [1.82, 2.24) is 0 Å². The summed E-state index contributed by atoms with van der Waals surface area (Å²) >= 11 is 7.25. The maximum atomic E-state index is 12.4. The zero-order valence-corrected chi connectivity index (χ0v) is 14.2. The van der Waals surface area contributed by atoms with Crippen molar-refractivity contribution in [2.75, 3.05) is 5.32 Å². The summed E-state index contributed by atoms with van der Waals surface area (Å²) in [4.78, 5) is 12.6. The molecule has 21 heavy (non-hydrogen) atoms. The number of nitrogens with two attached hydrogens (primary N) is 1. The van der Waals surface area contributed by atoms with E-state index in [0.717, 1.165) is 14.8 Å². The first-order valence-electron chi connectivity index (χ1n) is 6.46. The minimum absolute atomic E-state index is 0.173. The number of hydrogen-bond donors (Lipinski definition) is 2. The zero-order chi connectivity index (χ0) is 15.2. The molecule has 3 N–H and O–H groups in total. The second-order valence-corrected chi connectivity index (χ2v) is 6.36. The Morgan fingerprint density at radius 2 is 1.90 bits per heavy atom. The third kappa shape index (κ3) is 4.78. The molecule has 0 heterocycles. The molecule has 0 saturated heterocycles. The van der Waals surface area contributed by atoms with E-state index in [2.05, 4.69) is 27.9 Å². The van der Waals surface area contributed by atoms with Gasteiger partial charge in [0.2, 0.25) is 5.91 Å². The first kappa shape index (κ1) is 15.9. The number of rotatable bonds is 5. The highest BCUT2D eigenvalue weighted by Crippen LogP contribution is 2.16. The summed E-state index contributed by atoms with van der Waals surface area (Å²) in [6.45, 7) is 0. The highest BCUT2D eigenvalue weighted by atomic mass is 127. The Morgan fingerprint density at radius 3 is 2.52 bits per heavy atom. The normalized spacial score (nSPS) is 11.7. The molecule has 1 unspecified atom stereocenters. The Kier molecular flexibility index (Phi) is 5.69. The van der Waals surface area contributed by atoms with Crippen molar-refractivity contribution >= 4 is 51.4 Å². The van der Waals surface area contributed by atoms with Crippen LogP contribution in [0.1, 0.15) is 5.56 Å². The van der Waals surface area contributed by atoms with Crippen LogP contribution in [0, 0.1) is 9.49 Å². The van der Waals surface area contributed by atoms with E-state index in [1.807, 2.05) is 54.6 Å². The molecule has 0 fully saturated rings. The first-order chi connectivity index (χ1) is 10.1. The molecule has 0 aliphatic rings. The van der Waals surface area contributed by atoms with Crippen molar-refractivity contribution in [3.8, 4) is 0 Å². The largest absolute Gasteiger partial charge is 0.393 e. The molecule has 0 radical (unpaired) electrons. The number of benzene rings is 2. The summed E-state index contributed by atoms with van der Waals surface area (Å²) in [5.41, 5.74) is 7.52. The van der Waals surface area contributed by atoms with Gasteiger partial charge in [0, 0.05) is 9.26 Å². The minimum Gasteiger partial charge on any atom is -0.393 e. The quantitative estimate of drug-likeness (QED) is 0.587. The van der Waals surface area contributed by atoms with E-state index in [-0.39, 0.29) is 10.9 Å². The number of thiocarbonyl (C=S) groups is 1. The molecule has 5 heteroatoms. The molecule has 0 bridgehead atoms. The predicted octanol–water partition coefficient (Wildman–Crippen LogP) is 3.37. The third-order valence-corrected chi connectivity index (χ3v) is 3.99. The standard InChI is InChI=1S/C16H15IN2OS/c17-12-7-4-8-13(10-12)19-16(20)14(15(18)21)9-11-5-2-1-3-6-11/h1-8,10,14H,9H2,(H2,18,21)(H,19,20). The lowest BCUT2D eigenvalue weighted by Crippen LogP contribution is -2.34. The Hall–Kier alpha value is -1.47. The second kappa shape index (κ2) is 7.51. The molecular weight excluding hydrogens is 395 g/mol. The number of amides is 1.